The number of nitrogens with zero attached hydrogens (tertiary/aromatic N) is 2. The fourth-order valence-corrected chi connectivity index (χ4v) is 3.76. The van der Waals surface area contributed by atoms with Gasteiger partial charge in [-0.3, -0.25) is 4.90 Å². The molecule has 3 rings (SSSR count). The third-order valence-electron chi connectivity index (χ3n) is 5.22. The third kappa shape index (κ3) is 3.93. The molecule has 0 bridgehead atoms. The van der Waals surface area contributed by atoms with Gasteiger partial charge in [-0.2, -0.15) is 0 Å². The molecule has 3 heteroatoms. The lowest BCUT2D eigenvalue weighted by molar-refractivity contribution is 0.198. The van der Waals surface area contributed by atoms with Crippen LogP contribution in [0.15, 0.2) is 0 Å². The normalized spacial score (nSPS) is 30.8. The van der Waals surface area contributed by atoms with Crippen molar-refractivity contribution in [3.8, 4) is 0 Å². The van der Waals surface area contributed by atoms with Gasteiger partial charge < -0.3 is 10.2 Å². The van der Waals surface area contributed by atoms with Crippen LogP contribution in [0.4, 0.5) is 0 Å². The van der Waals surface area contributed by atoms with E-state index in [1.807, 2.05) is 0 Å². The van der Waals surface area contributed by atoms with E-state index < -0.39 is 0 Å². The maximum Gasteiger partial charge on any atom is 0.0195 e. The number of likely N-dealkylation sites (N-methyl/N-ethyl adjacent to an activating group) is 1. The highest BCUT2D eigenvalue weighted by molar-refractivity contribution is 4.96. The average Bonchev–Trinajstić information content (AvgIpc) is 3.24. The second kappa shape index (κ2) is 6.11. The van der Waals surface area contributed by atoms with E-state index in [4.69, 9.17) is 0 Å². The molecule has 0 aromatic heterocycles. The topological polar surface area (TPSA) is 18.5 Å². The maximum absolute atomic E-state index is 3.89. The molecule has 0 aromatic carbocycles. The van der Waals surface area contributed by atoms with Crippen LogP contribution < -0.4 is 5.32 Å². The second-order valence-corrected chi connectivity index (χ2v) is 7.16. The number of hydrogen-bond acceptors (Lipinski definition) is 3. The zero-order valence-corrected chi connectivity index (χ0v) is 12.8. The molecule has 0 aromatic rings. The lowest BCUT2D eigenvalue weighted by Gasteiger charge is -2.29. The highest BCUT2D eigenvalue weighted by Crippen LogP contribution is 2.44. The van der Waals surface area contributed by atoms with E-state index in [1.165, 1.54) is 64.8 Å². The molecule has 2 saturated carbocycles. The fraction of sp³-hybridized carbons (Fsp3) is 1.00. The van der Waals surface area contributed by atoms with Crippen LogP contribution in [0, 0.1) is 11.8 Å². The summed E-state index contributed by atoms with van der Waals surface area (Å²) >= 11 is 0. The molecule has 1 N–H and O–H groups in total. The Morgan fingerprint density at radius 1 is 1.11 bits per heavy atom. The maximum atomic E-state index is 3.89. The van der Waals surface area contributed by atoms with Gasteiger partial charge in [0.05, 0.1) is 0 Å². The van der Waals surface area contributed by atoms with Crippen LogP contribution in [0.3, 0.4) is 0 Å². The lowest BCUT2D eigenvalue weighted by atomic mass is 10.1. The van der Waals surface area contributed by atoms with Crippen LogP contribution in [0.5, 0.6) is 0 Å². The first-order valence-corrected chi connectivity index (χ1v) is 8.40. The van der Waals surface area contributed by atoms with E-state index in [1.54, 1.807) is 0 Å². The van der Waals surface area contributed by atoms with Gasteiger partial charge in [0.15, 0.2) is 0 Å². The van der Waals surface area contributed by atoms with Gasteiger partial charge in [-0.25, -0.2) is 0 Å². The molecular formula is C16H31N3. The van der Waals surface area contributed by atoms with Crippen LogP contribution in [0.2, 0.25) is 0 Å². The molecule has 1 heterocycles. The monoisotopic (exact) mass is 265 g/mol. The minimum atomic E-state index is 0.717. The van der Waals surface area contributed by atoms with E-state index in [9.17, 15) is 0 Å². The van der Waals surface area contributed by atoms with E-state index in [0.717, 1.165) is 23.9 Å². The summed E-state index contributed by atoms with van der Waals surface area (Å²) in [6.45, 7) is 8.61. The second-order valence-electron chi connectivity index (χ2n) is 7.16. The van der Waals surface area contributed by atoms with Crippen LogP contribution >= 0.6 is 0 Å². The van der Waals surface area contributed by atoms with E-state index in [-0.39, 0.29) is 0 Å². The van der Waals surface area contributed by atoms with Crippen molar-refractivity contribution in [3.05, 3.63) is 0 Å². The molecule has 1 saturated heterocycles. The smallest absolute Gasteiger partial charge is 0.0195 e. The van der Waals surface area contributed by atoms with Crippen molar-refractivity contribution in [2.45, 2.75) is 51.1 Å². The summed E-state index contributed by atoms with van der Waals surface area (Å²) in [6, 6.07) is 1.58. The van der Waals surface area contributed by atoms with Crippen molar-refractivity contribution in [3.63, 3.8) is 0 Å². The number of nitrogens with one attached hydrogen (secondary N) is 1. The largest absolute Gasteiger partial charge is 0.312 e. The molecule has 0 radical (unpaired) electrons. The Morgan fingerprint density at radius 3 is 2.42 bits per heavy atom. The molecule has 110 valence electrons. The molecule has 3 fully saturated rings. The minimum Gasteiger partial charge on any atom is -0.312 e. The Balaban J connectivity index is 1.40. The van der Waals surface area contributed by atoms with Gasteiger partial charge in [0.25, 0.3) is 0 Å². The summed E-state index contributed by atoms with van der Waals surface area (Å²) < 4.78 is 0. The van der Waals surface area contributed by atoms with E-state index in [2.05, 4.69) is 29.1 Å². The molecule has 0 spiro atoms. The van der Waals surface area contributed by atoms with Crippen molar-refractivity contribution in [1.29, 1.82) is 0 Å². The predicted octanol–water partition coefficient (Wildman–Crippen LogP) is 1.79. The van der Waals surface area contributed by atoms with E-state index in [0.29, 0.717) is 0 Å². The molecule has 2 aliphatic carbocycles. The Labute approximate surface area is 118 Å². The zero-order chi connectivity index (χ0) is 13.2. The molecule has 0 amide bonds. The van der Waals surface area contributed by atoms with Gasteiger partial charge in [0.2, 0.25) is 0 Å². The van der Waals surface area contributed by atoms with Crippen molar-refractivity contribution < 1.29 is 0 Å². The quantitative estimate of drug-likeness (QED) is 0.790. The third-order valence-corrected chi connectivity index (χ3v) is 5.22. The van der Waals surface area contributed by atoms with Gasteiger partial charge in [-0.1, -0.05) is 0 Å². The molecule has 19 heavy (non-hydrogen) atoms. The molecule has 3 aliphatic rings. The standard InChI is InChI=1S/C16H31N3/c1-13-12-18(2)9-3-10-19(13)11-8-17-16(14-4-5-14)15-6-7-15/h13-17H,3-12H2,1-2H3. The van der Waals surface area contributed by atoms with E-state index >= 15 is 0 Å². The van der Waals surface area contributed by atoms with Gasteiger partial charge in [-0.15, -0.1) is 0 Å². The first-order chi connectivity index (χ1) is 9.24. The van der Waals surface area contributed by atoms with Crippen molar-refractivity contribution in [2.24, 2.45) is 11.8 Å². The first kappa shape index (κ1) is 13.8. The minimum absolute atomic E-state index is 0.717. The number of rotatable bonds is 6. The molecule has 3 nitrogen and oxygen atoms in total. The predicted molar refractivity (Wildman–Crippen MR) is 80.4 cm³/mol. The zero-order valence-electron chi connectivity index (χ0n) is 12.8. The molecular weight excluding hydrogens is 234 g/mol. The van der Waals surface area contributed by atoms with Crippen molar-refractivity contribution >= 4 is 0 Å². The van der Waals surface area contributed by atoms with Crippen LogP contribution in [0.25, 0.3) is 0 Å². The summed E-state index contributed by atoms with van der Waals surface area (Å²) in [5.41, 5.74) is 0. The highest BCUT2D eigenvalue weighted by atomic mass is 15.2. The summed E-state index contributed by atoms with van der Waals surface area (Å²) in [7, 11) is 2.26. The van der Waals surface area contributed by atoms with Crippen molar-refractivity contribution in [1.82, 2.24) is 15.1 Å². The SMILES string of the molecule is CC1CN(C)CCCN1CCNC(C1CC1)C1CC1. The lowest BCUT2D eigenvalue weighted by Crippen LogP contribution is -2.44. The summed E-state index contributed by atoms with van der Waals surface area (Å²) in [5, 5.41) is 3.89. The average molecular weight is 265 g/mol. The van der Waals surface area contributed by atoms with Gasteiger partial charge in [0, 0.05) is 31.7 Å². The Bertz CT molecular complexity index is 274. The summed E-state index contributed by atoms with van der Waals surface area (Å²) in [5.74, 6) is 2.06. The van der Waals surface area contributed by atoms with Crippen LogP contribution in [0.1, 0.15) is 39.0 Å². The van der Waals surface area contributed by atoms with Gasteiger partial charge in [0.1, 0.15) is 0 Å². The summed E-state index contributed by atoms with van der Waals surface area (Å²) in [4.78, 5) is 5.17. The Hall–Kier alpha value is -0.120. The number of hydrogen-bond donors (Lipinski definition) is 1. The molecule has 1 aliphatic heterocycles. The Morgan fingerprint density at radius 2 is 1.79 bits per heavy atom. The van der Waals surface area contributed by atoms with Crippen molar-refractivity contribution in [2.75, 3.05) is 39.8 Å². The van der Waals surface area contributed by atoms with Gasteiger partial charge >= 0.3 is 0 Å². The van der Waals surface area contributed by atoms with Crippen LogP contribution in [-0.4, -0.2) is 61.7 Å². The Kier molecular flexibility index (Phi) is 4.45. The van der Waals surface area contributed by atoms with Gasteiger partial charge in [-0.05, 0) is 71.0 Å². The fourth-order valence-electron chi connectivity index (χ4n) is 3.76. The highest BCUT2D eigenvalue weighted by Gasteiger charge is 2.40. The van der Waals surface area contributed by atoms with Crippen LogP contribution in [-0.2, 0) is 0 Å². The first-order valence-electron chi connectivity index (χ1n) is 8.40. The molecule has 1 unspecified atom stereocenters. The summed E-state index contributed by atoms with van der Waals surface area (Å²) in [6.07, 6.45) is 7.27. The molecule has 1 atom stereocenters.